The van der Waals surface area contributed by atoms with Crippen LogP contribution in [0.1, 0.15) is 59.5 Å². The maximum Gasteiger partial charge on any atom is 0.235 e. The highest BCUT2D eigenvalue weighted by molar-refractivity contribution is 7.99. The summed E-state index contributed by atoms with van der Waals surface area (Å²) in [5, 5.41) is 23.3. The van der Waals surface area contributed by atoms with Crippen molar-refractivity contribution in [2.75, 3.05) is 17.7 Å². The highest BCUT2D eigenvalue weighted by Gasteiger charge is 2.21. The zero-order chi connectivity index (χ0) is 25.5. The number of carbonyl (C=O) groups is 1. The van der Waals surface area contributed by atoms with Crippen molar-refractivity contribution in [1.29, 1.82) is 5.26 Å². The SMILES string of the molecule is Cc1cc(Cl)ccc1OCCCc1nnc(SCC(=O)Nc2sc3c(c2C#N)CCCCCC3)n1C. The maximum atomic E-state index is 12.7. The van der Waals surface area contributed by atoms with Gasteiger partial charge in [0.1, 0.15) is 22.6 Å². The molecule has 3 aromatic rings. The number of amides is 1. The number of rotatable bonds is 9. The van der Waals surface area contributed by atoms with Gasteiger partial charge in [-0.05, 0) is 68.4 Å². The van der Waals surface area contributed by atoms with Gasteiger partial charge < -0.3 is 14.6 Å². The molecule has 0 bridgehead atoms. The first kappa shape index (κ1) is 26.5. The number of thiophene rings is 1. The summed E-state index contributed by atoms with van der Waals surface area (Å²) in [5.41, 5.74) is 2.79. The van der Waals surface area contributed by atoms with E-state index in [9.17, 15) is 10.1 Å². The van der Waals surface area contributed by atoms with Gasteiger partial charge in [0.25, 0.3) is 0 Å². The van der Waals surface area contributed by atoms with Gasteiger partial charge in [-0.1, -0.05) is 36.2 Å². The highest BCUT2D eigenvalue weighted by atomic mass is 35.5. The number of aromatic nitrogens is 3. The van der Waals surface area contributed by atoms with Gasteiger partial charge in [0, 0.05) is 23.4 Å². The molecule has 0 unspecified atom stereocenters. The second-order valence-corrected chi connectivity index (χ2v) is 11.4. The topological polar surface area (TPSA) is 92.8 Å². The molecule has 190 valence electrons. The molecule has 0 aliphatic heterocycles. The Labute approximate surface area is 225 Å². The molecule has 0 saturated carbocycles. The number of carbonyl (C=O) groups excluding carboxylic acids is 1. The van der Waals surface area contributed by atoms with Crippen molar-refractivity contribution in [3.63, 3.8) is 0 Å². The van der Waals surface area contributed by atoms with Crippen molar-refractivity contribution in [3.8, 4) is 11.8 Å². The molecule has 7 nitrogen and oxygen atoms in total. The lowest BCUT2D eigenvalue weighted by Crippen LogP contribution is -2.14. The fourth-order valence-electron chi connectivity index (χ4n) is 4.29. The van der Waals surface area contributed by atoms with Crippen molar-refractivity contribution in [2.24, 2.45) is 7.05 Å². The summed E-state index contributed by atoms with van der Waals surface area (Å²) in [6, 6.07) is 7.92. The number of nitriles is 1. The number of nitrogens with zero attached hydrogens (tertiary/aromatic N) is 4. The van der Waals surface area contributed by atoms with Gasteiger partial charge in [0.2, 0.25) is 5.91 Å². The molecule has 0 spiro atoms. The quantitative estimate of drug-likeness (QED) is 0.258. The molecule has 0 fully saturated rings. The molecule has 1 aliphatic rings. The standard InChI is InChI=1S/C26H30ClN5O2S2/c1-17-14-18(27)11-12-21(17)34-13-7-10-23-30-31-26(32(23)2)35-16-24(33)29-25-20(15-28)19-8-5-3-4-6-9-22(19)36-25/h11-12,14H,3-10,13,16H2,1-2H3,(H,29,33). The Hall–Kier alpha value is -2.54. The van der Waals surface area contributed by atoms with Crippen LogP contribution >= 0.6 is 34.7 Å². The summed E-state index contributed by atoms with van der Waals surface area (Å²) in [7, 11) is 1.91. The lowest BCUT2D eigenvalue weighted by molar-refractivity contribution is -0.113. The van der Waals surface area contributed by atoms with E-state index < -0.39 is 0 Å². The summed E-state index contributed by atoms with van der Waals surface area (Å²) >= 11 is 8.90. The van der Waals surface area contributed by atoms with Crippen molar-refractivity contribution in [1.82, 2.24) is 14.8 Å². The molecule has 0 atom stereocenters. The zero-order valence-electron chi connectivity index (χ0n) is 20.6. The first-order valence-electron chi connectivity index (χ1n) is 12.2. The largest absolute Gasteiger partial charge is 0.493 e. The van der Waals surface area contributed by atoms with Crippen molar-refractivity contribution in [3.05, 3.63) is 50.6 Å². The summed E-state index contributed by atoms with van der Waals surface area (Å²) < 4.78 is 7.78. The van der Waals surface area contributed by atoms with E-state index in [4.69, 9.17) is 16.3 Å². The van der Waals surface area contributed by atoms with Crippen LogP contribution in [0.4, 0.5) is 5.00 Å². The summed E-state index contributed by atoms with van der Waals surface area (Å²) in [6.45, 7) is 2.53. The fourth-order valence-corrected chi connectivity index (χ4v) is 6.51. The summed E-state index contributed by atoms with van der Waals surface area (Å²) in [5.74, 6) is 1.75. The highest BCUT2D eigenvalue weighted by Crippen LogP contribution is 2.36. The summed E-state index contributed by atoms with van der Waals surface area (Å²) in [6.07, 6.45) is 8.09. The van der Waals surface area contributed by atoms with Crippen molar-refractivity contribution in [2.45, 2.75) is 63.4 Å². The molecular formula is C26H30ClN5O2S2. The van der Waals surface area contributed by atoms with Gasteiger partial charge in [0.05, 0.1) is 17.9 Å². The van der Waals surface area contributed by atoms with E-state index in [1.54, 1.807) is 11.3 Å². The molecule has 1 amide bonds. The number of anilines is 1. The number of ether oxygens (including phenoxy) is 1. The Morgan fingerprint density at radius 2 is 2.08 bits per heavy atom. The second kappa shape index (κ2) is 12.6. The predicted molar refractivity (Wildman–Crippen MR) is 145 cm³/mol. The van der Waals surface area contributed by atoms with E-state index >= 15 is 0 Å². The van der Waals surface area contributed by atoms with Crippen LogP contribution < -0.4 is 10.1 Å². The number of thioether (sulfide) groups is 1. The van der Waals surface area contributed by atoms with Crippen LogP contribution in [0, 0.1) is 18.3 Å². The number of hydrogen-bond donors (Lipinski definition) is 1. The van der Waals surface area contributed by atoms with Crippen LogP contribution in [0.25, 0.3) is 0 Å². The first-order chi connectivity index (χ1) is 17.5. The van der Waals surface area contributed by atoms with Gasteiger partial charge in [0.15, 0.2) is 5.16 Å². The third kappa shape index (κ3) is 6.61. The number of nitrogens with one attached hydrogen (secondary N) is 1. The second-order valence-electron chi connectivity index (χ2n) is 8.89. The Morgan fingerprint density at radius 1 is 1.28 bits per heavy atom. The van der Waals surface area contributed by atoms with Crippen molar-refractivity contribution < 1.29 is 9.53 Å². The fraction of sp³-hybridized carbons (Fsp3) is 0.462. The molecule has 4 rings (SSSR count). The minimum Gasteiger partial charge on any atom is -0.493 e. The average molecular weight is 544 g/mol. The van der Waals surface area contributed by atoms with Crippen LogP contribution in [0.2, 0.25) is 5.02 Å². The molecule has 10 heteroatoms. The van der Waals surface area contributed by atoms with E-state index in [0.717, 1.165) is 61.2 Å². The van der Waals surface area contributed by atoms with Crippen molar-refractivity contribution >= 4 is 45.6 Å². The van der Waals surface area contributed by atoms with Crippen LogP contribution in [-0.4, -0.2) is 33.0 Å². The van der Waals surface area contributed by atoms with E-state index in [1.807, 2.05) is 36.7 Å². The van der Waals surface area contributed by atoms with E-state index in [-0.39, 0.29) is 11.7 Å². The molecule has 2 heterocycles. The minimum absolute atomic E-state index is 0.137. The number of halogens is 1. The van der Waals surface area contributed by atoms with E-state index in [0.29, 0.717) is 27.4 Å². The number of hydrogen-bond acceptors (Lipinski definition) is 7. The third-order valence-electron chi connectivity index (χ3n) is 6.23. The number of fused-ring (bicyclic) bond motifs is 1. The molecule has 2 aromatic heterocycles. The van der Waals surface area contributed by atoms with E-state index in [2.05, 4.69) is 21.6 Å². The normalized spacial score (nSPS) is 13.4. The average Bonchev–Trinajstić information content (AvgIpc) is 3.35. The molecule has 1 aliphatic carbocycles. The van der Waals surface area contributed by atoms with Crippen LogP contribution in [-0.2, 0) is 31.1 Å². The molecule has 0 saturated heterocycles. The number of aryl methyl sites for hydroxylation is 3. The Balaban J connectivity index is 1.27. The molecule has 36 heavy (non-hydrogen) atoms. The molecular weight excluding hydrogens is 514 g/mol. The Bertz CT molecular complexity index is 1260. The summed E-state index contributed by atoms with van der Waals surface area (Å²) in [4.78, 5) is 14.0. The lowest BCUT2D eigenvalue weighted by Gasteiger charge is -2.09. The third-order valence-corrected chi connectivity index (χ3v) is 8.70. The molecule has 1 aromatic carbocycles. The lowest BCUT2D eigenvalue weighted by atomic mass is 9.97. The predicted octanol–water partition coefficient (Wildman–Crippen LogP) is 6.11. The van der Waals surface area contributed by atoms with Gasteiger partial charge >= 0.3 is 0 Å². The Kier molecular flexibility index (Phi) is 9.30. The van der Waals surface area contributed by atoms with Crippen LogP contribution in [0.15, 0.2) is 23.4 Å². The molecule has 1 N–H and O–H groups in total. The maximum absolute atomic E-state index is 12.7. The number of benzene rings is 1. The Morgan fingerprint density at radius 3 is 2.86 bits per heavy atom. The van der Waals surface area contributed by atoms with Crippen LogP contribution in [0.3, 0.4) is 0 Å². The first-order valence-corrected chi connectivity index (χ1v) is 14.4. The molecule has 0 radical (unpaired) electrons. The van der Waals surface area contributed by atoms with Gasteiger partial charge in [-0.2, -0.15) is 5.26 Å². The van der Waals surface area contributed by atoms with E-state index in [1.165, 1.54) is 29.5 Å². The van der Waals surface area contributed by atoms with Gasteiger partial charge in [-0.3, -0.25) is 4.79 Å². The zero-order valence-corrected chi connectivity index (χ0v) is 23.0. The monoisotopic (exact) mass is 543 g/mol. The minimum atomic E-state index is -0.137. The van der Waals surface area contributed by atoms with Gasteiger partial charge in [-0.15, -0.1) is 21.5 Å². The smallest absolute Gasteiger partial charge is 0.235 e. The van der Waals surface area contributed by atoms with Gasteiger partial charge in [-0.25, -0.2) is 0 Å². The van der Waals surface area contributed by atoms with Crippen LogP contribution in [0.5, 0.6) is 5.75 Å².